The second-order valence-electron chi connectivity index (χ2n) is 7.90. The molecule has 0 saturated heterocycles. The second kappa shape index (κ2) is 8.18. The maximum atomic E-state index is 13.2. The Hall–Kier alpha value is -3.97. The van der Waals surface area contributed by atoms with Crippen molar-refractivity contribution in [3.8, 4) is 5.75 Å². The average molecular weight is 457 g/mol. The molecule has 0 atom stereocenters. The van der Waals surface area contributed by atoms with Crippen LogP contribution in [0.15, 0.2) is 65.5 Å². The Kier molecular flexibility index (Phi) is 5.18. The molecule has 0 aliphatic heterocycles. The van der Waals surface area contributed by atoms with Crippen molar-refractivity contribution in [3.63, 3.8) is 0 Å². The van der Waals surface area contributed by atoms with E-state index < -0.39 is 5.97 Å². The van der Waals surface area contributed by atoms with Crippen molar-refractivity contribution in [2.24, 2.45) is 0 Å². The molecule has 0 amide bonds. The number of aryl methyl sites for hydroxylation is 2. The van der Waals surface area contributed by atoms with E-state index >= 15 is 0 Å². The van der Waals surface area contributed by atoms with Gasteiger partial charge in [-0.3, -0.25) is 4.79 Å². The van der Waals surface area contributed by atoms with Crippen LogP contribution in [0.1, 0.15) is 32.6 Å². The lowest BCUT2D eigenvalue weighted by atomic mass is 10.1. The lowest BCUT2D eigenvalue weighted by molar-refractivity contribution is 0.0697. The third-order valence-corrected chi connectivity index (χ3v) is 6.62. The second-order valence-corrected chi connectivity index (χ2v) is 8.91. The lowest BCUT2D eigenvalue weighted by Gasteiger charge is -2.09. The molecule has 0 aliphatic carbocycles. The molecule has 5 rings (SSSR count). The summed E-state index contributed by atoms with van der Waals surface area (Å²) in [6.07, 6.45) is 1.83. The van der Waals surface area contributed by atoms with Crippen LogP contribution in [0.3, 0.4) is 0 Å². The third-order valence-electron chi connectivity index (χ3n) is 5.66. The van der Waals surface area contributed by atoms with Crippen LogP contribution in [0.25, 0.3) is 22.1 Å². The van der Waals surface area contributed by atoms with E-state index in [-0.39, 0.29) is 17.7 Å². The summed E-state index contributed by atoms with van der Waals surface area (Å²) >= 11 is 1.36. The smallest absolute Gasteiger partial charge is 0.335 e. The van der Waals surface area contributed by atoms with E-state index in [4.69, 9.17) is 9.84 Å². The number of aromatic carboxylic acids is 1. The van der Waals surface area contributed by atoms with Gasteiger partial charge in [0.05, 0.1) is 21.1 Å². The van der Waals surface area contributed by atoms with E-state index in [9.17, 15) is 9.59 Å². The van der Waals surface area contributed by atoms with Crippen molar-refractivity contribution in [1.29, 1.82) is 0 Å². The summed E-state index contributed by atoms with van der Waals surface area (Å²) in [6, 6.07) is 18.1. The molecule has 0 bridgehead atoms. The predicted molar refractivity (Wildman–Crippen MR) is 129 cm³/mol. The average Bonchev–Trinajstić information content (AvgIpc) is 3.29. The number of para-hydroxylation sites is 1. The van der Waals surface area contributed by atoms with Crippen LogP contribution in [-0.4, -0.2) is 20.5 Å². The number of thiazole rings is 1. The summed E-state index contributed by atoms with van der Waals surface area (Å²) in [7, 11) is 0. The molecule has 164 valence electrons. The van der Waals surface area contributed by atoms with Crippen LogP contribution in [0.2, 0.25) is 0 Å². The van der Waals surface area contributed by atoms with Gasteiger partial charge in [-0.05, 0) is 66.9 Å². The van der Waals surface area contributed by atoms with E-state index in [2.05, 4.69) is 4.98 Å². The molecule has 2 aromatic heterocycles. The Balaban J connectivity index is 1.50. The maximum absolute atomic E-state index is 13.2. The number of imidazole rings is 1. The molecule has 33 heavy (non-hydrogen) atoms. The number of nitrogens with zero attached hydrogens (tertiary/aromatic N) is 2. The van der Waals surface area contributed by atoms with E-state index in [0.717, 1.165) is 33.3 Å². The van der Waals surface area contributed by atoms with Gasteiger partial charge in [-0.2, -0.15) is 0 Å². The standard InChI is InChI=1S/C26H20N2O4S/c1-15-11-20-21(12-16(15)2)28-24(29)23(33-26(28)27-20)13-19-5-3-4-6-22(19)32-14-17-7-9-18(10-8-17)25(30)31/h3-13H,14H2,1-2H3,(H,30,31)/b23-13-. The fourth-order valence-electron chi connectivity index (χ4n) is 3.70. The van der Waals surface area contributed by atoms with Crippen LogP contribution in [-0.2, 0) is 6.61 Å². The molecular formula is C26H20N2O4S. The molecular weight excluding hydrogens is 436 g/mol. The number of hydrogen-bond donors (Lipinski definition) is 1. The predicted octanol–water partition coefficient (Wildman–Crippen LogP) is 4.35. The SMILES string of the molecule is Cc1cc2nc3s/c(=C\c4ccccc4OCc4ccc(C(=O)O)cc4)c(=O)n3c2cc1C. The van der Waals surface area contributed by atoms with Gasteiger partial charge >= 0.3 is 5.97 Å². The molecule has 0 radical (unpaired) electrons. The Labute approximate surface area is 193 Å². The fraction of sp³-hybridized carbons (Fsp3) is 0.115. The third kappa shape index (κ3) is 3.87. The summed E-state index contributed by atoms with van der Waals surface area (Å²) < 4.78 is 8.25. The van der Waals surface area contributed by atoms with E-state index in [1.165, 1.54) is 11.3 Å². The van der Waals surface area contributed by atoms with Crippen molar-refractivity contribution in [2.75, 3.05) is 0 Å². The number of carboxylic acids is 1. The summed E-state index contributed by atoms with van der Waals surface area (Å²) in [6.45, 7) is 4.35. The zero-order valence-electron chi connectivity index (χ0n) is 18.0. The van der Waals surface area contributed by atoms with Gasteiger partial charge in [-0.25, -0.2) is 14.2 Å². The minimum absolute atomic E-state index is 0.0974. The highest BCUT2D eigenvalue weighted by molar-refractivity contribution is 7.15. The Morgan fingerprint density at radius 3 is 2.58 bits per heavy atom. The Morgan fingerprint density at radius 2 is 1.82 bits per heavy atom. The zero-order valence-corrected chi connectivity index (χ0v) is 18.8. The number of aromatic nitrogens is 2. The van der Waals surface area contributed by atoms with Crippen LogP contribution >= 0.6 is 11.3 Å². The molecule has 1 N–H and O–H groups in total. The van der Waals surface area contributed by atoms with Crippen LogP contribution in [0.5, 0.6) is 5.75 Å². The highest BCUT2D eigenvalue weighted by atomic mass is 32.1. The molecule has 6 nitrogen and oxygen atoms in total. The molecule has 0 aliphatic rings. The minimum Gasteiger partial charge on any atom is -0.488 e. The quantitative estimate of drug-likeness (QED) is 0.425. The monoisotopic (exact) mass is 456 g/mol. The van der Waals surface area contributed by atoms with Crippen molar-refractivity contribution in [3.05, 3.63) is 103 Å². The molecule has 2 heterocycles. The first-order valence-corrected chi connectivity index (χ1v) is 11.2. The van der Waals surface area contributed by atoms with Gasteiger partial charge in [0, 0.05) is 5.56 Å². The minimum atomic E-state index is -0.962. The van der Waals surface area contributed by atoms with Gasteiger partial charge in [-0.1, -0.05) is 41.7 Å². The topological polar surface area (TPSA) is 80.9 Å². The zero-order chi connectivity index (χ0) is 23.1. The number of fused-ring (bicyclic) bond motifs is 3. The number of carbonyl (C=O) groups is 1. The number of ether oxygens (including phenoxy) is 1. The van der Waals surface area contributed by atoms with Gasteiger partial charge in [0.1, 0.15) is 12.4 Å². The van der Waals surface area contributed by atoms with Gasteiger partial charge in [0.15, 0.2) is 4.96 Å². The van der Waals surface area contributed by atoms with Crippen LogP contribution < -0.4 is 14.8 Å². The maximum Gasteiger partial charge on any atom is 0.335 e. The van der Waals surface area contributed by atoms with Gasteiger partial charge in [0.2, 0.25) is 0 Å². The van der Waals surface area contributed by atoms with Gasteiger partial charge in [0.25, 0.3) is 5.56 Å². The fourth-order valence-corrected chi connectivity index (χ4v) is 4.67. The molecule has 0 fully saturated rings. The van der Waals surface area contributed by atoms with Crippen LogP contribution in [0.4, 0.5) is 0 Å². The molecule has 5 aromatic rings. The summed E-state index contributed by atoms with van der Waals surface area (Å²) in [5.41, 5.74) is 5.69. The Bertz CT molecular complexity index is 1630. The highest BCUT2D eigenvalue weighted by Gasteiger charge is 2.13. The van der Waals surface area contributed by atoms with Crippen molar-refractivity contribution in [2.45, 2.75) is 20.5 Å². The van der Waals surface area contributed by atoms with Crippen LogP contribution in [0, 0.1) is 13.8 Å². The first kappa shape index (κ1) is 20.9. The van der Waals surface area contributed by atoms with Gasteiger partial charge < -0.3 is 9.84 Å². The molecule has 7 heteroatoms. The van der Waals surface area contributed by atoms with E-state index in [1.54, 1.807) is 28.7 Å². The number of rotatable bonds is 5. The molecule has 0 unspecified atom stereocenters. The van der Waals surface area contributed by atoms with Crippen molar-refractivity contribution in [1.82, 2.24) is 9.38 Å². The van der Waals surface area contributed by atoms with E-state index in [1.807, 2.05) is 56.3 Å². The molecule has 3 aromatic carbocycles. The summed E-state index contributed by atoms with van der Waals surface area (Å²) in [5.74, 6) is -0.322. The number of hydrogen-bond acceptors (Lipinski definition) is 5. The largest absolute Gasteiger partial charge is 0.488 e. The van der Waals surface area contributed by atoms with E-state index in [0.29, 0.717) is 15.2 Å². The summed E-state index contributed by atoms with van der Waals surface area (Å²) in [5, 5.41) is 9.04. The number of carboxylic acid groups (broad SMARTS) is 1. The Morgan fingerprint density at radius 1 is 1.09 bits per heavy atom. The van der Waals surface area contributed by atoms with Gasteiger partial charge in [-0.15, -0.1) is 0 Å². The normalized spacial score (nSPS) is 12.0. The molecule has 0 spiro atoms. The van der Waals surface area contributed by atoms with Crippen molar-refractivity contribution < 1.29 is 14.6 Å². The highest BCUT2D eigenvalue weighted by Crippen LogP contribution is 2.22. The van der Waals surface area contributed by atoms with Crippen molar-refractivity contribution >= 4 is 39.4 Å². The first-order chi connectivity index (χ1) is 15.9. The summed E-state index contributed by atoms with van der Waals surface area (Å²) in [4.78, 5) is 29.5. The molecule has 0 saturated carbocycles. The first-order valence-electron chi connectivity index (χ1n) is 10.4. The lowest BCUT2D eigenvalue weighted by Crippen LogP contribution is -2.22. The number of benzene rings is 3.